The fourth-order valence-electron chi connectivity index (χ4n) is 0.932. The van der Waals surface area contributed by atoms with Crippen molar-refractivity contribution in [3.05, 3.63) is 48.2 Å². The maximum Gasteiger partial charge on any atom is 0.358 e. The number of thiophene rings is 1. The number of rotatable bonds is 2. The third kappa shape index (κ3) is 2.45. The lowest BCUT2D eigenvalue weighted by molar-refractivity contribution is -0.597. The molecule has 2 aromatic rings. The van der Waals surface area contributed by atoms with Gasteiger partial charge in [-0.1, -0.05) is 0 Å². The Morgan fingerprint density at radius 3 is 2.38 bits per heavy atom. The Morgan fingerprint density at radius 2 is 1.77 bits per heavy atom. The Balaban J connectivity index is 2.15. The van der Waals surface area contributed by atoms with Gasteiger partial charge in [0.05, 0.1) is 0 Å². The van der Waals surface area contributed by atoms with E-state index in [9.17, 15) is 0 Å². The summed E-state index contributed by atoms with van der Waals surface area (Å²) in [4.78, 5) is 0. The number of phenolic OH excluding ortho intramolecular Hbond substituents is 1. The number of aromatic hydroxyl groups is 1. The van der Waals surface area contributed by atoms with Crippen molar-refractivity contribution in [2.45, 2.75) is 0 Å². The molecule has 0 radical (unpaired) electrons. The molecule has 2 rings (SSSR count). The number of benzene rings is 1. The molecule has 0 fully saturated rings. The Labute approximate surface area is 91.3 Å². The molecule has 1 N–H and O–H groups in total. The molecule has 1 heterocycles. The molecule has 66 valence electrons. The van der Waals surface area contributed by atoms with E-state index in [0.717, 1.165) is 0 Å². The molecule has 0 amide bonds. The van der Waals surface area contributed by atoms with Crippen LogP contribution < -0.4 is 21.2 Å². The van der Waals surface area contributed by atoms with Gasteiger partial charge >= 0.3 is 21.2 Å². The lowest BCUT2D eigenvalue weighted by Gasteiger charge is -1.86. The zero-order valence-electron chi connectivity index (χ0n) is 6.77. The average molecular weight is 303 g/mol. The number of hydrogen-bond donors (Lipinski definition) is 1. The first-order chi connectivity index (χ1) is 6.34. The van der Waals surface area contributed by atoms with Crippen molar-refractivity contribution in [1.29, 1.82) is 0 Å². The molecule has 0 aliphatic heterocycles. The van der Waals surface area contributed by atoms with Gasteiger partial charge in [0.1, 0.15) is 5.75 Å². The first-order valence-corrected chi connectivity index (χ1v) is 6.91. The zero-order chi connectivity index (χ0) is 9.10. The van der Waals surface area contributed by atoms with E-state index >= 15 is 0 Å². The molecular weight excluding hydrogens is 295 g/mol. The van der Waals surface area contributed by atoms with Crippen LogP contribution in [0.3, 0.4) is 0 Å². The van der Waals surface area contributed by atoms with E-state index in [1.807, 2.05) is 12.1 Å². The zero-order valence-corrected chi connectivity index (χ0v) is 9.75. The van der Waals surface area contributed by atoms with Crippen LogP contribution >= 0.6 is 11.3 Å². The van der Waals surface area contributed by atoms with Crippen LogP contribution in [0.5, 0.6) is 5.75 Å². The maximum atomic E-state index is 9.10. The Morgan fingerprint density at radius 1 is 1.00 bits per heavy atom. The first kappa shape index (κ1) is 9.02. The smallest absolute Gasteiger partial charge is 0.358 e. The van der Waals surface area contributed by atoms with E-state index < -0.39 is 0 Å². The van der Waals surface area contributed by atoms with Gasteiger partial charge in [-0.2, -0.15) is 0 Å². The van der Waals surface area contributed by atoms with Gasteiger partial charge < -0.3 is 5.11 Å². The summed E-state index contributed by atoms with van der Waals surface area (Å²) in [5, 5.41) is 13.4. The topological polar surface area (TPSA) is 20.2 Å². The second kappa shape index (κ2) is 4.11. The van der Waals surface area contributed by atoms with Crippen LogP contribution in [0.4, 0.5) is 0 Å². The minimum atomic E-state index is -0.0472. The van der Waals surface area contributed by atoms with Gasteiger partial charge in [-0.15, -0.1) is 11.3 Å². The van der Waals surface area contributed by atoms with Crippen molar-refractivity contribution in [2.75, 3.05) is 0 Å². The van der Waals surface area contributed by atoms with Gasteiger partial charge in [0.25, 0.3) is 0 Å². The molecule has 0 saturated carbocycles. The minimum Gasteiger partial charge on any atom is -0.508 e. The molecule has 0 bridgehead atoms. The Bertz CT molecular complexity index is 366. The first-order valence-electron chi connectivity index (χ1n) is 3.81. The number of hydrogen-bond acceptors (Lipinski definition) is 2. The summed E-state index contributed by atoms with van der Waals surface area (Å²) >= 11 is 1.69. The van der Waals surface area contributed by atoms with Crippen molar-refractivity contribution >= 4 is 11.3 Å². The van der Waals surface area contributed by atoms with E-state index in [1.165, 1.54) is 7.14 Å². The van der Waals surface area contributed by atoms with Gasteiger partial charge in [0.15, 0.2) is 3.57 Å². The lowest BCUT2D eigenvalue weighted by atomic mass is 10.3. The highest BCUT2D eigenvalue weighted by atomic mass is 127. The largest absolute Gasteiger partial charge is 0.508 e. The molecule has 0 aliphatic carbocycles. The molecule has 0 saturated heterocycles. The fourth-order valence-corrected chi connectivity index (χ4v) is 4.35. The van der Waals surface area contributed by atoms with Crippen molar-refractivity contribution in [3.63, 3.8) is 0 Å². The second-order valence-electron chi connectivity index (χ2n) is 2.51. The van der Waals surface area contributed by atoms with Gasteiger partial charge in [0, 0.05) is 11.4 Å². The molecule has 3 heteroatoms. The highest BCUT2D eigenvalue weighted by Gasteiger charge is 2.14. The molecular formula is C10H8IOS+. The van der Waals surface area contributed by atoms with Gasteiger partial charge in [0.2, 0.25) is 3.57 Å². The predicted octanol–water partition coefficient (Wildman–Crippen LogP) is -0.418. The van der Waals surface area contributed by atoms with Crippen molar-refractivity contribution in [1.82, 2.24) is 0 Å². The summed E-state index contributed by atoms with van der Waals surface area (Å²) in [5.74, 6) is 0.345. The third-order valence-corrected chi connectivity index (χ3v) is 5.27. The molecule has 1 nitrogen and oxygen atoms in total. The van der Waals surface area contributed by atoms with Crippen LogP contribution in [-0.2, 0) is 0 Å². The monoisotopic (exact) mass is 303 g/mol. The van der Waals surface area contributed by atoms with Crippen LogP contribution in [0.2, 0.25) is 0 Å². The summed E-state index contributed by atoms with van der Waals surface area (Å²) in [5.41, 5.74) is 0. The molecule has 1 aromatic heterocycles. The highest BCUT2D eigenvalue weighted by molar-refractivity contribution is 7.07. The van der Waals surface area contributed by atoms with Crippen molar-refractivity contribution in [3.8, 4) is 5.75 Å². The quantitative estimate of drug-likeness (QED) is 0.748. The van der Waals surface area contributed by atoms with Crippen LogP contribution in [0.25, 0.3) is 0 Å². The second-order valence-corrected chi connectivity index (χ2v) is 6.32. The number of halogens is 1. The summed E-state index contributed by atoms with van der Waals surface area (Å²) in [6.07, 6.45) is 0. The van der Waals surface area contributed by atoms with Crippen LogP contribution in [0, 0.1) is 7.14 Å². The Hall–Kier alpha value is -0.550. The standard InChI is InChI=1S/C10H7IOS/c12-10-3-1-8(2-4-10)11-9-5-6-13-7-9/h1-7H/p+1. The summed E-state index contributed by atoms with van der Waals surface area (Å²) in [6, 6.07) is 9.67. The van der Waals surface area contributed by atoms with Gasteiger partial charge in [-0.3, -0.25) is 0 Å². The molecule has 13 heavy (non-hydrogen) atoms. The summed E-state index contributed by atoms with van der Waals surface area (Å²) in [6.45, 7) is 0. The average Bonchev–Trinajstić information content (AvgIpc) is 2.62. The molecule has 1 aromatic carbocycles. The van der Waals surface area contributed by atoms with E-state index in [-0.39, 0.29) is 21.2 Å². The summed E-state index contributed by atoms with van der Waals surface area (Å²) in [7, 11) is 0. The molecule has 0 spiro atoms. The van der Waals surface area contributed by atoms with E-state index in [2.05, 4.69) is 16.8 Å². The molecule has 0 aliphatic rings. The highest BCUT2D eigenvalue weighted by Crippen LogP contribution is 2.03. The molecule has 0 unspecified atom stereocenters. The van der Waals surface area contributed by atoms with Gasteiger partial charge in [-0.05, 0) is 29.6 Å². The van der Waals surface area contributed by atoms with E-state index in [1.54, 1.807) is 23.5 Å². The normalized spacial score (nSPS) is 10.2. The maximum absolute atomic E-state index is 9.10. The summed E-state index contributed by atoms with van der Waals surface area (Å²) < 4.78 is 2.78. The number of phenols is 1. The van der Waals surface area contributed by atoms with Crippen LogP contribution in [-0.4, -0.2) is 5.11 Å². The molecule has 0 atom stereocenters. The van der Waals surface area contributed by atoms with Crippen LogP contribution in [0.15, 0.2) is 41.1 Å². The minimum absolute atomic E-state index is 0.0472. The van der Waals surface area contributed by atoms with Crippen LogP contribution in [0.1, 0.15) is 0 Å². The predicted molar refractivity (Wildman–Crippen MR) is 49.8 cm³/mol. The third-order valence-electron chi connectivity index (χ3n) is 1.53. The van der Waals surface area contributed by atoms with Gasteiger partial charge in [-0.25, -0.2) is 0 Å². The SMILES string of the molecule is Oc1ccc([I+]c2ccsc2)cc1. The van der Waals surface area contributed by atoms with E-state index in [0.29, 0.717) is 5.75 Å². The van der Waals surface area contributed by atoms with Crippen molar-refractivity contribution < 1.29 is 26.3 Å². The van der Waals surface area contributed by atoms with E-state index in [4.69, 9.17) is 5.11 Å². The Kier molecular flexibility index (Phi) is 2.85. The lowest BCUT2D eigenvalue weighted by Crippen LogP contribution is -3.61. The van der Waals surface area contributed by atoms with Crippen molar-refractivity contribution in [2.24, 2.45) is 0 Å². The fraction of sp³-hybridized carbons (Fsp3) is 0.